The molecule has 0 aliphatic heterocycles. The largest absolute Gasteiger partial charge is 0.489 e. The van der Waals surface area contributed by atoms with Crippen molar-refractivity contribution in [3.63, 3.8) is 0 Å². The second kappa shape index (κ2) is 9.67. The van der Waals surface area contributed by atoms with Crippen LogP contribution in [-0.4, -0.2) is 22.3 Å². The lowest BCUT2D eigenvalue weighted by Gasteiger charge is -2.20. The monoisotopic (exact) mass is 444 g/mol. The summed E-state index contributed by atoms with van der Waals surface area (Å²) in [6, 6.07) is 10.4. The first kappa shape index (κ1) is 20.3. The highest BCUT2D eigenvalue weighted by Gasteiger charge is 2.14. The van der Waals surface area contributed by atoms with Crippen LogP contribution in [0.2, 0.25) is 20.1 Å². The number of rotatable bonds is 8. The van der Waals surface area contributed by atoms with Gasteiger partial charge in [0.15, 0.2) is 0 Å². The molecule has 0 radical (unpaired) electrons. The maximum absolute atomic E-state index is 6.22. The predicted octanol–water partition coefficient (Wildman–Crippen LogP) is 6.16. The summed E-state index contributed by atoms with van der Waals surface area (Å²) in [5, 5.41) is 2.14. The summed E-state index contributed by atoms with van der Waals surface area (Å²) in [5.74, 6) is 0.546. The van der Waals surface area contributed by atoms with Crippen LogP contribution in [0.5, 0.6) is 5.75 Å². The van der Waals surface area contributed by atoms with Gasteiger partial charge in [0.2, 0.25) is 0 Å². The molecule has 1 unspecified atom stereocenters. The van der Waals surface area contributed by atoms with Crippen molar-refractivity contribution in [3.8, 4) is 5.75 Å². The molecule has 3 aromatic rings. The summed E-state index contributed by atoms with van der Waals surface area (Å²) < 4.78 is 13.8. The normalized spacial score (nSPS) is 12.1. The summed E-state index contributed by atoms with van der Waals surface area (Å²) in [4.78, 5) is 4.05. The van der Waals surface area contributed by atoms with E-state index in [0.29, 0.717) is 45.6 Å². The summed E-state index contributed by atoms with van der Waals surface area (Å²) in [6.07, 6.45) is 5.05. The molecule has 0 amide bonds. The van der Waals surface area contributed by atoms with Gasteiger partial charge in [-0.2, -0.15) is 0 Å². The molecule has 142 valence electrons. The topological polar surface area (TPSA) is 36.3 Å². The van der Waals surface area contributed by atoms with E-state index in [1.165, 1.54) is 0 Å². The fraction of sp³-hybridized carbons (Fsp3) is 0.211. The van der Waals surface area contributed by atoms with Gasteiger partial charge in [-0.15, -0.1) is 0 Å². The van der Waals surface area contributed by atoms with Gasteiger partial charge in [-0.25, -0.2) is 4.98 Å². The highest BCUT2D eigenvalue weighted by Crippen LogP contribution is 2.28. The highest BCUT2D eigenvalue weighted by molar-refractivity contribution is 6.35. The van der Waals surface area contributed by atoms with Crippen LogP contribution in [0.4, 0.5) is 0 Å². The average Bonchev–Trinajstić information content (AvgIpc) is 3.13. The van der Waals surface area contributed by atoms with Crippen molar-refractivity contribution in [2.24, 2.45) is 0 Å². The molecule has 1 atom stereocenters. The van der Waals surface area contributed by atoms with E-state index in [1.54, 1.807) is 42.9 Å². The van der Waals surface area contributed by atoms with Gasteiger partial charge < -0.3 is 14.0 Å². The molecule has 1 aromatic heterocycles. The standard InChI is InChI=1S/C19H16Cl4N2O2/c20-14-2-1-13(17(22)7-14)10-26-16(9-25-6-5-24-12-25)11-27-19-4-3-15(21)8-18(19)23/h1-8,12,16H,9-11H2. The fourth-order valence-corrected chi connectivity index (χ4v) is 3.33. The van der Waals surface area contributed by atoms with E-state index >= 15 is 0 Å². The Morgan fingerprint density at radius 1 is 0.963 bits per heavy atom. The van der Waals surface area contributed by atoms with E-state index in [2.05, 4.69) is 4.98 Å². The second-order valence-electron chi connectivity index (χ2n) is 5.81. The third-order valence-electron chi connectivity index (χ3n) is 3.78. The zero-order valence-electron chi connectivity index (χ0n) is 14.1. The number of ether oxygens (including phenoxy) is 2. The molecule has 8 heteroatoms. The minimum absolute atomic E-state index is 0.252. The van der Waals surface area contributed by atoms with Crippen molar-refractivity contribution in [2.75, 3.05) is 6.61 Å². The molecule has 0 saturated carbocycles. The Bertz CT molecular complexity index is 832. The van der Waals surface area contributed by atoms with Crippen molar-refractivity contribution in [3.05, 3.63) is 80.8 Å². The molecular weight excluding hydrogens is 430 g/mol. The van der Waals surface area contributed by atoms with Crippen LogP contribution in [0.15, 0.2) is 55.1 Å². The van der Waals surface area contributed by atoms with Gasteiger partial charge in [-0.1, -0.05) is 52.5 Å². The first-order valence-corrected chi connectivity index (χ1v) is 9.61. The molecule has 3 rings (SSSR count). The Labute approximate surface area is 177 Å². The number of aromatic nitrogens is 2. The van der Waals surface area contributed by atoms with Gasteiger partial charge >= 0.3 is 0 Å². The third-order valence-corrected chi connectivity index (χ3v) is 4.90. The molecule has 0 N–H and O–H groups in total. The van der Waals surface area contributed by atoms with Crippen LogP contribution in [0.3, 0.4) is 0 Å². The van der Waals surface area contributed by atoms with Crippen LogP contribution < -0.4 is 4.74 Å². The molecule has 0 spiro atoms. The van der Waals surface area contributed by atoms with Gasteiger partial charge in [-0.05, 0) is 35.9 Å². The van der Waals surface area contributed by atoms with Gasteiger partial charge in [-0.3, -0.25) is 0 Å². The number of imidazole rings is 1. The smallest absolute Gasteiger partial charge is 0.138 e. The van der Waals surface area contributed by atoms with Gasteiger partial charge in [0.25, 0.3) is 0 Å². The zero-order valence-corrected chi connectivity index (χ0v) is 17.1. The first-order valence-electron chi connectivity index (χ1n) is 8.10. The Morgan fingerprint density at radius 3 is 2.37 bits per heavy atom. The van der Waals surface area contributed by atoms with Crippen molar-refractivity contribution in [2.45, 2.75) is 19.3 Å². The minimum atomic E-state index is -0.252. The lowest BCUT2D eigenvalue weighted by molar-refractivity contribution is -0.000494. The van der Waals surface area contributed by atoms with E-state index < -0.39 is 0 Å². The van der Waals surface area contributed by atoms with E-state index in [-0.39, 0.29) is 6.10 Å². The Morgan fingerprint density at radius 2 is 1.70 bits per heavy atom. The Balaban J connectivity index is 1.66. The second-order valence-corrected chi connectivity index (χ2v) is 7.50. The van der Waals surface area contributed by atoms with Gasteiger partial charge in [0.05, 0.1) is 24.5 Å². The maximum Gasteiger partial charge on any atom is 0.138 e. The van der Waals surface area contributed by atoms with Gasteiger partial charge in [0, 0.05) is 27.5 Å². The van der Waals surface area contributed by atoms with Crippen molar-refractivity contribution in [1.82, 2.24) is 9.55 Å². The maximum atomic E-state index is 6.22. The summed E-state index contributed by atoms with van der Waals surface area (Å²) in [7, 11) is 0. The van der Waals surface area contributed by atoms with Crippen molar-refractivity contribution in [1.29, 1.82) is 0 Å². The lowest BCUT2D eigenvalue weighted by atomic mass is 10.2. The Kier molecular flexibility index (Phi) is 7.27. The average molecular weight is 446 g/mol. The highest BCUT2D eigenvalue weighted by atomic mass is 35.5. The number of benzene rings is 2. The number of hydrogen-bond acceptors (Lipinski definition) is 3. The molecule has 1 heterocycles. The number of nitrogens with zero attached hydrogens (tertiary/aromatic N) is 2. The minimum Gasteiger partial charge on any atom is -0.489 e. The number of halogens is 4. The van der Waals surface area contributed by atoms with Crippen LogP contribution >= 0.6 is 46.4 Å². The molecule has 0 aliphatic carbocycles. The summed E-state index contributed by atoms with van der Waals surface area (Å²) >= 11 is 24.3. The molecular formula is C19H16Cl4N2O2. The molecule has 0 saturated heterocycles. The molecule has 0 bridgehead atoms. The predicted molar refractivity (Wildman–Crippen MR) is 109 cm³/mol. The van der Waals surface area contributed by atoms with Crippen LogP contribution in [-0.2, 0) is 17.9 Å². The Hall–Kier alpha value is -1.43. The van der Waals surface area contributed by atoms with E-state index in [9.17, 15) is 0 Å². The van der Waals surface area contributed by atoms with Crippen LogP contribution in [0.1, 0.15) is 5.56 Å². The van der Waals surface area contributed by atoms with Crippen molar-refractivity contribution >= 4 is 46.4 Å². The van der Waals surface area contributed by atoms with Crippen LogP contribution in [0, 0.1) is 0 Å². The number of hydrogen-bond donors (Lipinski definition) is 0. The summed E-state index contributed by atoms with van der Waals surface area (Å²) in [5.41, 5.74) is 0.848. The lowest BCUT2D eigenvalue weighted by Crippen LogP contribution is -2.27. The van der Waals surface area contributed by atoms with Crippen molar-refractivity contribution < 1.29 is 9.47 Å². The van der Waals surface area contributed by atoms with E-state index in [4.69, 9.17) is 55.9 Å². The fourth-order valence-electron chi connectivity index (χ4n) is 2.40. The first-order chi connectivity index (χ1) is 13.0. The van der Waals surface area contributed by atoms with E-state index in [0.717, 1.165) is 5.56 Å². The van der Waals surface area contributed by atoms with Crippen LogP contribution in [0.25, 0.3) is 0 Å². The molecule has 2 aromatic carbocycles. The van der Waals surface area contributed by atoms with Gasteiger partial charge in [0.1, 0.15) is 18.5 Å². The SMILES string of the molecule is Clc1ccc(COC(COc2ccc(Cl)cc2Cl)Cn2ccnc2)c(Cl)c1. The quantitative estimate of drug-likeness (QED) is 0.416. The zero-order chi connectivity index (χ0) is 19.2. The van der Waals surface area contributed by atoms with E-state index in [1.807, 2.05) is 16.8 Å². The molecule has 0 aliphatic rings. The molecule has 4 nitrogen and oxygen atoms in total. The molecule has 27 heavy (non-hydrogen) atoms. The third kappa shape index (κ3) is 6.03. The summed E-state index contributed by atoms with van der Waals surface area (Å²) in [6.45, 7) is 1.19. The molecule has 0 fully saturated rings.